The fourth-order valence-corrected chi connectivity index (χ4v) is 1.16. The van der Waals surface area contributed by atoms with Crippen molar-refractivity contribution in [1.29, 1.82) is 0 Å². The van der Waals surface area contributed by atoms with Crippen molar-refractivity contribution in [3.8, 4) is 0 Å². The van der Waals surface area contributed by atoms with Crippen molar-refractivity contribution in [1.82, 2.24) is 15.2 Å². The van der Waals surface area contributed by atoms with Gasteiger partial charge in [0.15, 0.2) is 0 Å². The lowest BCUT2D eigenvalue weighted by Crippen LogP contribution is -2.17. The molecule has 72 valence electrons. The van der Waals surface area contributed by atoms with Crippen LogP contribution in [0.2, 0.25) is 0 Å². The van der Waals surface area contributed by atoms with Crippen LogP contribution in [0.3, 0.4) is 0 Å². The van der Waals surface area contributed by atoms with Crippen LogP contribution in [0.25, 0.3) is 0 Å². The van der Waals surface area contributed by atoms with Crippen LogP contribution in [0.5, 0.6) is 0 Å². The first kappa shape index (κ1) is 9.80. The quantitative estimate of drug-likeness (QED) is 0.710. The fraction of sp³-hybridized carbons (Fsp3) is 0.444. The third kappa shape index (κ3) is 2.59. The van der Waals surface area contributed by atoms with Gasteiger partial charge >= 0.3 is 0 Å². The third-order valence-corrected chi connectivity index (χ3v) is 1.71. The zero-order chi connectivity index (χ0) is 9.84. The summed E-state index contributed by atoms with van der Waals surface area (Å²) in [5, 5.41) is 2.56. The van der Waals surface area contributed by atoms with E-state index in [1.165, 1.54) is 0 Å². The smallest absolute Gasteiger partial charge is 0.267 e. The molecule has 0 radical (unpaired) electrons. The Balaban J connectivity index is 2.69. The van der Waals surface area contributed by atoms with Gasteiger partial charge in [-0.15, -0.1) is 0 Å². The van der Waals surface area contributed by atoms with Gasteiger partial charge in [0, 0.05) is 19.8 Å². The minimum atomic E-state index is -0.0787. The molecule has 1 rings (SSSR count). The number of hydrogen-bond donors (Lipinski definition) is 2. The summed E-state index contributed by atoms with van der Waals surface area (Å²) < 4.78 is 0. The molecule has 0 saturated carbocycles. The Kier molecular flexibility index (Phi) is 3.08. The molecule has 0 bridgehead atoms. The van der Waals surface area contributed by atoms with Crippen LogP contribution in [-0.4, -0.2) is 36.9 Å². The van der Waals surface area contributed by atoms with Gasteiger partial charge in [0.25, 0.3) is 5.91 Å². The summed E-state index contributed by atoms with van der Waals surface area (Å²) in [7, 11) is 5.61. The lowest BCUT2D eigenvalue weighted by molar-refractivity contribution is 0.0958. The highest BCUT2D eigenvalue weighted by Crippen LogP contribution is 2.04. The Morgan fingerprint density at radius 3 is 2.85 bits per heavy atom. The molecule has 4 nitrogen and oxygen atoms in total. The first-order valence-electron chi connectivity index (χ1n) is 4.17. The minimum absolute atomic E-state index is 0.0787. The zero-order valence-electron chi connectivity index (χ0n) is 8.22. The van der Waals surface area contributed by atoms with Crippen LogP contribution in [0.4, 0.5) is 0 Å². The van der Waals surface area contributed by atoms with E-state index in [1.54, 1.807) is 7.05 Å². The van der Waals surface area contributed by atoms with Crippen molar-refractivity contribution in [2.45, 2.75) is 6.54 Å². The molecule has 13 heavy (non-hydrogen) atoms. The van der Waals surface area contributed by atoms with Crippen molar-refractivity contribution < 1.29 is 4.79 Å². The number of hydrogen-bond acceptors (Lipinski definition) is 2. The Bertz CT molecular complexity index is 291. The number of aromatic nitrogens is 1. The lowest BCUT2D eigenvalue weighted by atomic mass is 10.3. The normalized spacial score (nSPS) is 10.5. The van der Waals surface area contributed by atoms with Gasteiger partial charge in [-0.25, -0.2) is 0 Å². The Hall–Kier alpha value is -1.29. The summed E-state index contributed by atoms with van der Waals surface area (Å²) in [4.78, 5) is 16.1. The molecule has 0 aliphatic carbocycles. The van der Waals surface area contributed by atoms with Crippen LogP contribution >= 0.6 is 0 Å². The highest BCUT2D eigenvalue weighted by atomic mass is 16.1. The second-order valence-electron chi connectivity index (χ2n) is 3.24. The van der Waals surface area contributed by atoms with E-state index in [2.05, 4.69) is 15.2 Å². The van der Waals surface area contributed by atoms with Crippen LogP contribution in [-0.2, 0) is 6.54 Å². The van der Waals surface area contributed by atoms with Gasteiger partial charge in [-0.1, -0.05) is 0 Å². The third-order valence-electron chi connectivity index (χ3n) is 1.71. The summed E-state index contributed by atoms with van der Waals surface area (Å²) in [5.74, 6) is -0.0787. The van der Waals surface area contributed by atoms with E-state index in [0.717, 1.165) is 12.1 Å². The van der Waals surface area contributed by atoms with E-state index in [9.17, 15) is 4.79 Å². The molecule has 0 atom stereocenters. The van der Waals surface area contributed by atoms with Crippen molar-refractivity contribution in [2.75, 3.05) is 21.1 Å². The maximum absolute atomic E-state index is 11.2. The number of carbonyl (C=O) groups excluding carboxylic acids is 1. The molecule has 0 aromatic carbocycles. The van der Waals surface area contributed by atoms with E-state index in [0.29, 0.717) is 5.69 Å². The monoisotopic (exact) mass is 181 g/mol. The zero-order valence-corrected chi connectivity index (χ0v) is 8.22. The van der Waals surface area contributed by atoms with Crippen molar-refractivity contribution >= 4 is 5.91 Å². The molecule has 4 heteroatoms. The molecule has 1 heterocycles. The topological polar surface area (TPSA) is 48.1 Å². The van der Waals surface area contributed by atoms with Gasteiger partial charge in [0.2, 0.25) is 0 Å². The van der Waals surface area contributed by atoms with Crippen molar-refractivity contribution in [2.24, 2.45) is 0 Å². The maximum Gasteiger partial charge on any atom is 0.267 e. The first-order valence-corrected chi connectivity index (χ1v) is 4.17. The standard InChI is InChI=1S/C9H15N3O/c1-10-9(13)8-4-7(5-11-8)6-12(2)3/h4-5,11H,6H2,1-3H3,(H,10,13). The molecule has 0 spiro atoms. The number of rotatable bonds is 3. The van der Waals surface area contributed by atoms with Gasteiger partial charge in [-0.05, 0) is 25.7 Å². The number of amides is 1. The Morgan fingerprint density at radius 2 is 2.31 bits per heavy atom. The number of nitrogens with one attached hydrogen (secondary N) is 2. The molecular weight excluding hydrogens is 166 g/mol. The Morgan fingerprint density at radius 1 is 1.62 bits per heavy atom. The van der Waals surface area contributed by atoms with Crippen LogP contribution in [0, 0.1) is 0 Å². The minimum Gasteiger partial charge on any atom is -0.357 e. The molecule has 2 N–H and O–H groups in total. The molecule has 1 aromatic rings. The first-order chi connectivity index (χ1) is 6.13. The van der Waals surface area contributed by atoms with Gasteiger partial charge in [0.05, 0.1) is 0 Å². The highest BCUT2D eigenvalue weighted by Gasteiger charge is 2.05. The highest BCUT2D eigenvalue weighted by molar-refractivity contribution is 5.92. The second kappa shape index (κ2) is 4.09. The number of H-pyrrole nitrogens is 1. The summed E-state index contributed by atoms with van der Waals surface area (Å²) >= 11 is 0. The largest absolute Gasteiger partial charge is 0.357 e. The molecule has 1 aromatic heterocycles. The van der Waals surface area contributed by atoms with Crippen molar-refractivity contribution in [3.63, 3.8) is 0 Å². The van der Waals surface area contributed by atoms with Crippen LogP contribution in [0.15, 0.2) is 12.3 Å². The predicted octanol–water partition coefficient (Wildman–Crippen LogP) is 0.436. The summed E-state index contributed by atoms with van der Waals surface area (Å²) in [6.07, 6.45) is 1.85. The molecule has 0 fully saturated rings. The average Bonchev–Trinajstić information content (AvgIpc) is 2.50. The molecular formula is C9H15N3O. The summed E-state index contributed by atoms with van der Waals surface area (Å²) in [6.45, 7) is 0.841. The molecule has 0 saturated heterocycles. The van der Waals surface area contributed by atoms with Gasteiger partial charge in [-0.2, -0.15) is 0 Å². The van der Waals surface area contributed by atoms with E-state index in [-0.39, 0.29) is 5.91 Å². The summed E-state index contributed by atoms with van der Waals surface area (Å²) in [5.41, 5.74) is 1.72. The number of carbonyl (C=O) groups is 1. The van der Waals surface area contributed by atoms with Gasteiger partial charge < -0.3 is 15.2 Å². The van der Waals surface area contributed by atoms with E-state index in [1.807, 2.05) is 26.4 Å². The molecule has 1 amide bonds. The molecule has 0 unspecified atom stereocenters. The molecule has 0 aliphatic rings. The SMILES string of the molecule is CNC(=O)c1cc(CN(C)C)c[nH]1. The van der Waals surface area contributed by atoms with E-state index >= 15 is 0 Å². The van der Waals surface area contributed by atoms with E-state index < -0.39 is 0 Å². The maximum atomic E-state index is 11.2. The fourth-order valence-electron chi connectivity index (χ4n) is 1.16. The molecule has 0 aliphatic heterocycles. The summed E-state index contributed by atoms with van der Waals surface area (Å²) in [6, 6.07) is 1.86. The van der Waals surface area contributed by atoms with Gasteiger partial charge in [-0.3, -0.25) is 4.79 Å². The van der Waals surface area contributed by atoms with Crippen molar-refractivity contribution in [3.05, 3.63) is 23.5 Å². The lowest BCUT2D eigenvalue weighted by Gasteiger charge is -2.05. The van der Waals surface area contributed by atoms with E-state index in [4.69, 9.17) is 0 Å². The number of nitrogens with zero attached hydrogens (tertiary/aromatic N) is 1. The predicted molar refractivity (Wildman–Crippen MR) is 51.6 cm³/mol. The number of aromatic amines is 1. The van der Waals surface area contributed by atoms with Gasteiger partial charge in [0.1, 0.15) is 5.69 Å². The average molecular weight is 181 g/mol. The second-order valence-corrected chi connectivity index (χ2v) is 3.24. The van der Waals surface area contributed by atoms with Crippen LogP contribution in [0.1, 0.15) is 16.1 Å². The van der Waals surface area contributed by atoms with Crippen LogP contribution < -0.4 is 5.32 Å². The Labute approximate surface area is 77.9 Å².